The lowest BCUT2D eigenvalue weighted by Gasteiger charge is -2.18. The minimum absolute atomic E-state index is 0.313. The van der Waals surface area contributed by atoms with Crippen molar-refractivity contribution in [2.45, 2.75) is 37.8 Å². The number of hydrogen-bond acceptors (Lipinski definition) is 4. The molecule has 1 unspecified atom stereocenters. The average Bonchev–Trinajstić information content (AvgIpc) is 2.97. The van der Waals surface area contributed by atoms with E-state index in [4.69, 9.17) is 9.47 Å². The van der Waals surface area contributed by atoms with Crippen LogP contribution in [0, 0.1) is 11.3 Å². The molecule has 1 fully saturated rings. The van der Waals surface area contributed by atoms with Crippen LogP contribution in [-0.4, -0.2) is 20.3 Å². The van der Waals surface area contributed by atoms with Crippen molar-refractivity contribution in [3.05, 3.63) is 23.8 Å². The molecule has 0 saturated heterocycles. The monoisotopic (exact) mass is 260 g/mol. The summed E-state index contributed by atoms with van der Waals surface area (Å²) >= 11 is 0. The molecule has 0 bridgehead atoms. The summed E-state index contributed by atoms with van der Waals surface area (Å²) in [6, 6.07) is 8.05. The third-order valence-electron chi connectivity index (χ3n) is 3.59. The Labute approximate surface area is 114 Å². The second kappa shape index (κ2) is 6.44. The number of nitriles is 1. The van der Waals surface area contributed by atoms with Crippen molar-refractivity contribution in [1.82, 2.24) is 5.32 Å². The number of nitrogens with one attached hydrogen (secondary N) is 1. The molecule has 1 N–H and O–H groups in total. The van der Waals surface area contributed by atoms with Gasteiger partial charge in [-0.1, -0.05) is 12.8 Å². The first-order valence-corrected chi connectivity index (χ1v) is 6.65. The van der Waals surface area contributed by atoms with Gasteiger partial charge in [0.25, 0.3) is 0 Å². The molecule has 1 aliphatic carbocycles. The molecule has 0 radical (unpaired) electrons. The van der Waals surface area contributed by atoms with Gasteiger partial charge in [-0.3, -0.25) is 5.32 Å². The average molecular weight is 260 g/mol. The number of methoxy groups -OCH3 is 2. The third-order valence-corrected chi connectivity index (χ3v) is 3.59. The summed E-state index contributed by atoms with van der Waals surface area (Å²) < 4.78 is 10.5. The Balaban J connectivity index is 2.19. The van der Waals surface area contributed by atoms with Crippen LogP contribution in [0.3, 0.4) is 0 Å². The normalized spacial score (nSPS) is 16.9. The summed E-state index contributed by atoms with van der Waals surface area (Å²) in [6.07, 6.45) is 4.80. The minimum atomic E-state index is -0.313. The molecule has 4 heteroatoms. The number of benzene rings is 1. The van der Waals surface area contributed by atoms with Crippen LogP contribution >= 0.6 is 0 Å². The standard InChI is InChI=1S/C15H20N2O2/c1-18-13-7-11(8-14(9-13)19-2)15(10-16)17-12-5-3-4-6-12/h7-9,12,15,17H,3-6H2,1-2H3. The molecule has 0 amide bonds. The van der Waals surface area contributed by atoms with E-state index in [1.165, 1.54) is 12.8 Å². The summed E-state index contributed by atoms with van der Waals surface area (Å²) in [4.78, 5) is 0. The Morgan fingerprint density at radius 1 is 1.16 bits per heavy atom. The van der Waals surface area contributed by atoms with Gasteiger partial charge in [0, 0.05) is 12.1 Å². The Kier molecular flexibility index (Phi) is 4.64. The van der Waals surface area contributed by atoms with Crippen LogP contribution < -0.4 is 14.8 Å². The van der Waals surface area contributed by atoms with Gasteiger partial charge in [0.2, 0.25) is 0 Å². The fraction of sp³-hybridized carbons (Fsp3) is 0.533. The Bertz CT molecular complexity index is 439. The molecule has 0 spiro atoms. The van der Waals surface area contributed by atoms with Gasteiger partial charge in [-0.15, -0.1) is 0 Å². The predicted octanol–water partition coefficient (Wildman–Crippen LogP) is 2.80. The molecule has 1 saturated carbocycles. The van der Waals surface area contributed by atoms with E-state index >= 15 is 0 Å². The lowest BCUT2D eigenvalue weighted by atomic mass is 10.1. The first-order valence-electron chi connectivity index (χ1n) is 6.65. The van der Waals surface area contributed by atoms with Crippen LogP contribution in [0.1, 0.15) is 37.3 Å². The second-order valence-electron chi connectivity index (χ2n) is 4.86. The van der Waals surface area contributed by atoms with E-state index in [0.29, 0.717) is 17.5 Å². The number of ether oxygens (including phenoxy) is 2. The number of rotatable bonds is 5. The van der Waals surface area contributed by atoms with Crippen LogP contribution in [0.2, 0.25) is 0 Å². The number of hydrogen-bond donors (Lipinski definition) is 1. The van der Waals surface area contributed by atoms with Crippen LogP contribution in [0.5, 0.6) is 11.5 Å². The van der Waals surface area contributed by atoms with E-state index < -0.39 is 0 Å². The van der Waals surface area contributed by atoms with Crippen molar-refractivity contribution in [2.75, 3.05) is 14.2 Å². The number of nitrogens with zero attached hydrogens (tertiary/aromatic N) is 1. The minimum Gasteiger partial charge on any atom is -0.497 e. The molecule has 1 aliphatic rings. The maximum Gasteiger partial charge on any atom is 0.122 e. The fourth-order valence-electron chi connectivity index (χ4n) is 2.53. The molecule has 4 nitrogen and oxygen atoms in total. The summed E-state index contributed by atoms with van der Waals surface area (Å²) in [5.41, 5.74) is 0.894. The van der Waals surface area contributed by atoms with E-state index in [2.05, 4.69) is 11.4 Å². The van der Waals surface area contributed by atoms with Gasteiger partial charge in [-0.05, 0) is 30.5 Å². The predicted molar refractivity (Wildman–Crippen MR) is 73.3 cm³/mol. The molecule has 19 heavy (non-hydrogen) atoms. The molecular weight excluding hydrogens is 240 g/mol. The second-order valence-corrected chi connectivity index (χ2v) is 4.86. The molecule has 2 rings (SSSR count). The molecule has 1 atom stereocenters. The zero-order valence-electron chi connectivity index (χ0n) is 11.5. The van der Waals surface area contributed by atoms with Crippen molar-refractivity contribution in [3.8, 4) is 17.6 Å². The molecule has 1 aromatic rings. The van der Waals surface area contributed by atoms with E-state index in [1.807, 2.05) is 18.2 Å². The first-order chi connectivity index (χ1) is 9.26. The van der Waals surface area contributed by atoms with Crippen LogP contribution in [-0.2, 0) is 0 Å². The van der Waals surface area contributed by atoms with E-state index in [0.717, 1.165) is 18.4 Å². The zero-order valence-corrected chi connectivity index (χ0v) is 11.5. The highest BCUT2D eigenvalue weighted by Gasteiger charge is 2.20. The SMILES string of the molecule is COc1cc(OC)cc(C(C#N)NC2CCCC2)c1. The van der Waals surface area contributed by atoms with Crippen molar-refractivity contribution in [1.29, 1.82) is 5.26 Å². The van der Waals surface area contributed by atoms with E-state index in [1.54, 1.807) is 14.2 Å². The molecule has 0 aromatic heterocycles. The first kappa shape index (κ1) is 13.7. The fourth-order valence-corrected chi connectivity index (χ4v) is 2.53. The zero-order chi connectivity index (χ0) is 13.7. The third kappa shape index (κ3) is 3.39. The highest BCUT2D eigenvalue weighted by atomic mass is 16.5. The summed E-state index contributed by atoms with van der Waals surface area (Å²) in [6.45, 7) is 0. The summed E-state index contributed by atoms with van der Waals surface area (Å²) in [5, 5.41) is 12.8. The van der Waals surface area contributed by atoms with Crippen molar-refractivity contribution in [3.63, 3.8) is 0 Å². The van der Waals surface area contributed by atoms with Gasteiger partial charge in [-0.2, -0.15) is 5.26 Å². The van der Waals surface area contributed by atoms with Crippen LogP contribution in [0.25, 0.3) is 0 Å². The Morgan fingerprint density at radius 3 is 2.21 bits per heavy atom. The topological polar surface area (TPSA) is 54.3 Å². The van der Waals surface area contributed by atoms with Gasteiger partial charge in [-0.25, -0.2) is 0 Å². The van der Waals surface area contributed by atoms with E-state index in [9.17, 15) is 5.26 Å². The summed E-state index contributed by atoms with van der Waals surface area (Å²) in [7, 11) is 3.23. The molecule has 1 aromatic carbocycles. The van der Waals surface area contributed by atoms with Gasteiger partial charge < -0.3 is 9.47 Å². The maximum absolute atomic E-state index is 9.37. The molecule has 102 valence electrons. The van der Waals surface area contributed by atoms with Gasteiger partial charge >= 0.3 is 0 Å². The maximum atomic E-state index is 9.37. The van der Waals surface area contributed by atoms with Crippen LogP contribution in [0.15, 0.2) is 18.2 Å². The van der Waals surface area contributed by atoms with Crippen molar-refractivity contribution < 1.29 is 9.47 Å². The smallest absolute Gasteiger partial charge is 0.122 e. The van der Waals surface area contributed by atoms with Crippen LogP contribution in [0.4, 0.5) is 0 Å². The Morgan fingerprint density at radius 2 is 1.74 bits per heavy atom. The van der Waals surface area contributed by atoms with Crippen molar-refractivity contribution in [2.24, 2.45) is 0 Å². The Hall–Kier alpha value is -1.73. The van der Waals surface area contributed by atoms with Gasteiger partial charge in [0.1, 0.15) is 17.5 Å². The van der Waals surface area contributed by atoms with E-state index in [-0.39, 0.29) is 6.04 Å². The largest absolute Gasteiger partial charge is 0.497 e. The molecule has 0 aliphatic heterocycles. The quantitative estimate of drug-likeness (QED) is 0.884. The highest BCUT2D eigenvalue weighted by molar-refractivity contribution is 5.41. The summed E-state index contributed by atoms with van der Waals surface area (Å²) in [5.74, 6) is 1.42. The molecular formula is C15H20N2O2. The lowest BCUT2D eigenvalue weighted by Crippen LogP contribution is -2.29. The molecule has 0 heterocycles. The lowest BCUT2D eigenvalue weighted by molar-refractivity contribution is 0.391. The van der Waals surface area contributed by atoms with Crippen molar-refractivity contribution >= 4 is 0 Å². The van der Waals surface area contributed by atoms with Gasteiger partial charge in [0.15, 0.2) is 0 Å². The highest BCUT2D eigenvalue weighted by Crippen LogP contribution is 2.28. The van der Waals surface area contributed by atoms with Gasteiger partial charge in [0.05, 0.1) is 20.3 Å².